The van der Waals surface area contributed by atoms with Crippen molar-refractivity contribution in [1.29, 1.82) is 0 Å². The quantitative estimate of drug-likeness (QED) is 0.758. The van der Waals surface area contributed by atoms with Crippen molar-refractivity contribution < 1.29 is 9.13 Å². The van der Waals surface area contributed by atoms with Gasteiger partial charge in [-0.15, -0.1) is 0 Å². The zero-order valence-corrected chi connectivity index (χ0v) is 9.86. The van der Waals surface area contributed by atoms with Crippen molar-refractivity contribution in [3.63, 3.8) is 0 Å². The number of anilines is 1. The molecule has 0 unspecified atom stereocenters. The first-order valence-electron chi connectivity index (χ1n) is 4.84. The van der Waals surface area contributed by atoms with Crippen LogP contribution >= 0.6 is 11.8 Å². The Morgan fingerprint density at radius 2 is 2.27 bits per heavy atom. The van der Waals surface area contributed by atoms with Crippen LogP contribution in [0.4, 0.5) is 10.1 Å². The summed E-state index contributed by atoms with van der Waals surface area (Å²) in [6.07, 6.45) is 3.09. The van der Waals surface area contributed by atoms with Crippen LogP contribution in [0.15, 0.2) is 18.2 Å². The number of halogens is 1. The molecule has 0 spiro atoms. The molecule has 0 atom stereocenters. The number of thioether (sulfide) groups is 1. The smallest absolute Gasteiger partial charge is 0.146 e. The summed E-state index contributed by atoms with van der Waals surface area (Å²) in [5.41, 5.74) is 0.510. The number of ether oxygens (including phenoxy) is 1. The Labute approximate surface area is 94.2 Å². The predicted molar refractivity (Wildman–Crippen MR) is 64.4 cm³/mol. The molecule has 0 aliphatic carbocycles. The second-order valence-electron chi connectivity index (χ2n) is 3.12. The van der Waals surface area contributed by atoms with Crippen LogP contribution in [0.3, 0.4) is 0 Å². The van der Waals surface area contributed by atoms with E-state index in [1.165, 1.54) is 6.07 Å². The summed E-state index contributed by atoms with van der Waals surface area (Å²) < 4.78 is 18.3. The summed E-state index contributed by atoms with van der Waals surface area (Å²) >= 11 is 1.79. The highest BCUT2D eigenvalue weighted by Crippen LogP contribution is 2.20. The van der Waals surface area contributed by atoms with Gasteiger partial charge in [0, 0.05) is 12.6 Å². The summed E-state index contributed by atoms with van der Waals surface area (Å²) in [4.78, 5) is 0. The molecule has 0 fully saturated rings. The second-order valence-corrected chi connectivity index (χ2v) is 4.10. The third kappa shape index (κ3) is 4.00. The van der Waals surface area contributed by atoms with Crippen LogP contribution in [-0.2, 0) is 0 Å². The van der Waals surface area contributed by atoms with Gasteiger partial charge in [0.2, 0.25) is 0 Å². The molecule has 15 heavy (non-hydrogen) atoms. The van der Waals surface area contributed by atoms with E-state index in [4.69, 9.17) is 4.74 Å². The van der Waals surface area contributed by atoms with Gasteiger partial charge < -0.3 is 10.1 Å². The van der Waals surface area contributed by atoms with Crippen molar-refractivity contribution in [2.75, 3.05) is 31.0 Å². The lowest BCUT2D eigenvalue weighted by Gasteiger charge is -2.08. The molecule has 1 aromatic rings. The Kier molecular flexibility index (Phi) is 5.32. The molecule has 0 saturated heterocycles. The molecule has 0 saturated carbocycles. The molecule has 2 nitrogen and oxygen atoms in total. The molecule has 0 amide bonds. The SMILES string of the molecule is COc1ccc(F)c(NCCCSC)c1. The van der Waals surface area contributed by atoms with Crippen LogP contribution < -0.4 is 10.1 Å². The van der Waals surface area contributed by atoms with Crippen LogP contribution in [0.1, 0.15) is 6.42 Å². The second kappa shape index (κ2) is 6.56. The van der Waals surface area contributed by atoms with Crippen molar-refractivity contribution in [3.8, 4) is 5.75 Å². The van der Waals surface area contributed by atoms with Crippen LogP contribution in [0.25, 0.3) is 0 Å². The number of benzene rings is 1. The van der Waals surface area contributed by atoms with Crippen LogP contribution in [0, 0.1) is 5.82 Å². The van der Waals surface area contributed by atoms with E-state index in [0.717, 1.165) is 18.7 Å². The van der Waals surface area contributed by atoms with E-state index in [1.54, 1.807) is 31.0 Å². The van der Waals surface area contributed by atoms with E-state index in [1.807, 2.05) is 0 Å². The minimum Gasteiger partial charge on any atom is -0.497 e. The fourth-order valence-electron chi connectivity index (χ4n) is 1.21. The Morgan fingerprint density at radius 1 is 1.47 bits per heavy atom. The maximum absolute atomic E-state index is 13.3. The van der Waals surface area contributed by atoms with Gasteiger partial charge in [-0.3, -0.25) is 0 Å². The van der Waals surface area contributed by atoms with Gasteiger partial charge in [-0.1, -0.05) is 0 Å². The molecule has 1 N–H and O–H groups in total. The average molecular weight is 229 g/mol. The van der Waals surface area contributed by atoms with Crippen LogP contribution in [-0.4, -0.2) is 25.7 Å². The monoisotopic (exact) mass is 229 g/mol. The van der Waals surface area contributed by atoms with Crippen molar-refractivity contribution in [2.45, 2.75) is 6.42 Å². The van der Waals surface area contributed by atoms with Crippen LogP contribution in [0.5, 0.6) is 5.75 Å². The standard InChI is InChI=1S/C11H16FNOS/c1-14-9-4-5-10(12)11(8-9)13-6-3-7-15-2/h4-5,8,13H,3,6-7H2,1-2H3. The zero-order chi connectivity index (χ0) is 11.1. The lowest BCUT2D eigenvalue weighted by atomic mass is 10.3. The maximum atomic E-state index is 13.3. The summed E-state index contributed by atoms with van der Waals surface area (Å²) in [6.45, 7) is 0.783. The fourth-order valence-corrected chi connectivity index (χ4v) is 1.64. The molecular weight excluding hydrogens is 213 g/mol. The molecule has 0 aliphatic heterocycles. The molecule has 84 valence electrons. The van der Waals surface area contributed by atoms with Gasteiger partial charge in [-0.25, -0.2) is 4.39 Å². The van der Waals surface area contributed by atoms with Gasteiger partial charge in [-0.05, 0) is 30.6 Å². The third-order valence-corrected chi connectivity index (χ3v) is 2.71. The van der Waals surface area contributed by atoms with Crippen molar-refractivity contribution in [3.05, 3.63) is 24.0 Å². The predicted octanol–water partition coefficient (Wildman–Crippen LogP) is 3.00. The topological polar surface area (TPSA) is 21.3 Å². The highest BCUT2D eigenvalue weighted by atomic mass is 32.2. The van der Waals surface area contributed by atoms with E-state index in [9.17, 15) is 4.39 Å². The molecule has 0 heterocycles. The summed E-state index contributed by atoms with van der Waals surface area (Å²) in [6, 6.07) is 4.70. The van der Waals surface area contributed by atoms with Gasteiger partial charge in [0.25, 0.3) is 0 Å². The minimum atomic E-state index is -0.236. The van der Waals surface area contributed by atoms with E-state index >= 15 is 0 Å². The third-order valence-electron chi connectivity index (χ3n) is 2.01. The van der Waals surface area contributed by atoms with E-state index < -0.39 is 0 Å². The van der Waals surface area contributed by atoms with Crippen molar-refractivity contribution >= 4 is 17.4 Å². The first-order valence-corrected chi connectivity index (χ1v) is 6.23. The van der Waals surface area contributed by atoms with Crippen molar-refractivity contribution in [1.82, 2.24) is 0 Å². The molecule has 0 radical (unpaired) electrons. The Bertz CT molecular complexity index is 307. The van der Waals surface area contributed by atoms with E-state index in [2.05, 4.69) is 11.6 Å². The van der Waals surface area contributed by atoms with Gasteiger partial charge in [0.1, 0.15) is 11.6 Å². The molecule has 0 aromatic heterocycles. The number of rotatable bonds is 6. The Balaban J connectivity index is 2.51. The largest absolute Gasteiger partial charge is 0.497 e. The fraction of sp³-hybridized carbons (Fsp3) is 0.455. The lowest BCUT2D eigenvalue weighted by molar-refractivity contribution is 0.414. The molecular formula is C11H16FNOS. The zero-order valence-electron chi connectivity index (χ0n) is 9.05. The minimum absolute atomic E-state index is 0.236. The van der Waals surface area contributed by atoms with E-state index in [-0.39, 0.29) is 5.82 Å². The van der Waals surface area contributed by atoms with Gasteiger partial charge in [-0.2, -0.15) is 11.8 Å². The Hall–Kier alpha value is -0.900. The number of hydrogen-bond acceptors (Lipinski definition) is 3. The number of hydrogen-bond donors (Lipinski definition) is 1. The van der Waals surface area contributed by atoms with E-state index in [0.29, 0.717) is 11.4 Å². The summed E-state index contributed by atoms with van der Waals surface area (Å²) in [5, 5.41) is 3.05. The molecule has 1 aromatic carbocycles. The highest BCUT2D eigenvalue weighted by molar-refractivity contribution is 7.98. The summed E-state index contributed by atoms with van der Waals surface area (Å²) in [7, 11) is 1.57. The van der Waals surface area contributed by atoms with Gasteiger partial charge in [0.15, 0.2) is 0 Å². The summed E-state index contributed by atoms with van der Waals surface area (Å²) in [5.74, 6) is 1.52. The first kappa shape index (κ1) is 12.2. The van der Waals surface area contributed by atoms with Crippen molar-refractivity contribution in [2.24, 2.45) is 0 Å². The Morgan fingerprint density at radius 3 is 2.93 bits per heavy atom. The molecule has 1 rings (SSSR count). The normalized spacial score (nSPS) is 10.1. The number of methoxy groups -OCH3 is 1. The number of nitrogens with one attached hydrogen (secondary N) is 1. The lowest BCUT2D eigenvalue weighted by Crippen LogP contribution is -2.04. The van der Waals surface area contributed by atoms with Crippen LogP contribution in [0.2, 0.25) is 0 Å². The average Bonchev–Trinajstić information content (AvgIpc) is 2.26. The van der Waals surface area contributed by atoms with Gasteiger partial charge >= 0.3 is 0 Å². The first-order chi connectivity index (χ1) is 7.27. The highest BCUT2D eigenvalue weighted by Gasteiger charge is 2.02. The molecule has 0 aliphatic rings. The molecule has 0 bridgehead atoms. The van der Waals surface area contributed by atoms with Gasteiger partial charge in [0.05, 0.1) is 12.8 Å². The maximum Gasteiger partial charge on any atom is 0.146 e. The molecule has 4 heteroatoms.